The van der Waals surface area contributed by atoms with Crippen LogP contribution in [0.3, 0.4) is 0 Å². The minimum Gasteiger partial charge on any atom is -0.491 e. The summed E-state index contributed by atoms with van der Waals surface area (Å²) in [7, 11) is 0. The molecule has 0 spiro atoms. The third-order valence-corrected chi connectivity index (χ3v) is 4.63. The summed E-state index contributed by atoms with van der Waals surface area (Å²) in [6.07, 6.45) is 3.58. The van der Waals surface area contributed by atoms with Gasteiger partial charge in [0.25, 0.3) is 0 Å². The highest BCUT2D eigenvalue weighted by atomic mass is 16.5. The molecule has 0 radical (unpaired) electrons. The number of rotatable bonds is 6. The first kappa shape index (κ1) is 16.1. The molecule has 1 aromatic carbocycles. The molecule has 25 heavy (non-hydrogen) atoms. The summed E-state index contributed by atoms with van der Waals surface area (Å²) in [5.74, 6) is 1.73. The van der Waals surface area contributed by atoms with Gasteiger partial charge in [-0.05, 0) is 43.7 Å². The highest BCUT2D eigenvalue weighted by Crippen LogP contribution is 2.31. The molecule has 0 aliphatic carbocycles. The first-order valence-corrected chi connectivity index (χ1v) is 8.71. The number of likely N-dealkylation sites (tertiary alicyclic amines) is 1. The maximum Gasteiger partial charge on any atom is 0.160 e. The lowest BCUT2D eigenvalue weighted by Crippen LogP contribution is -2.35. The molecule has 1 aliphatic heterocycles. The number of β-amino-alcohol motifs (C(OH)–C–C–N with tert-alkyl or cyclic N) is 1. The van der Waals surface area contributed by atoms with Crippen molar-refractivity contribution in [3.8, 4) is 5.75 Å². The van der Waals surface area contributed by atoms with Crippen molar-refractivity contribution < 1.29 is 9.84 Å². The van der Waals surface area contributed by atoms with Crippen LogP contribution in [0, 0.1) is 0 Å². The molecule has 4 rings (SSSR count). The predicted molar refractivity (Wildman–Crippen MR) is 94.5 cm³/mol. The SMILES string of the molecule is OC(COc1ccccc1)CN1CCCC1c1nnc2ccccn12. The van der Waals surface area contributed by atoms with Gasteiger partial charge < -0.3 is 9.84 Å². The number of aromatic nitrogens is 3. The van der Waals surface area contributed by atoms with Crippen molar-refractivity contribution in [2.24, 2.45) is 0 Å². The van der Waals surface area contributed by atoms with Gasteiger partial charge in [-0.1, -0.05) is 24.3 Å². The van der Waals surface area contributed by atoms with E-state index >= 15 is 0 Å². The van der Waals surface area contributed by atoms with E-state index in [9.17, 15) is 5.11 Å². The maximum atomic E-state index is 10.4. The molecule has 6 nitrogen and oxygen atoms in total. The van der Waals surface area contributed by atoms with E-state index in [1.807, 2.05) is 59.1 Å². The lowest BCUT2D eigenvalue weighted by molar-refractivity contribution is 0.0625. The third-order valence-electron chi connectivity index (χ3n) is 4.63. The van der Waals surface area contributed by atoms with Gasteiger partial charge in [0.1, 0.15) is 18.5 Å². The fourth-order valence-electron chi connectivity index (χ4n) is 3.46. The Morgan fingerprint density at radius 1 is 1.12 bits per heavy atom. The van der Waals surface area contributed by atoms with Crippen LogP contribution in [0.15, 0.2) is 54.7 Å². The van der Waals surface area contributed by atoms with E-state index in [1.165, 1.54) is 0 Å². The summed E-state index contributed by atoms with van der Waals surface area (Å²) in [5, 5.41) is 19.0. The second-order valence-corrected chi connectivity index (χ2v) is 6.42. The summed E-state index contributed by atoms with van der Waals surface area (Å²) in [6, 6.07) is 15.7. The van der Waals surface area contributed by atoms with Crippen LogP contribution in [-0.2, 0) is 0 Å². The molecule has 1 saturated heterocycles. The first-order chi connectivity index (χ1) is 12.3. The number of benzene rings is 1. The molecular weight excluding hydrogens is 316 g/mol. The average molecular weight is 338 g/mol. The van der Waals surface area contributed by atoms with E-state index in [-0.39, 0.29) is 12.6 Å². The van der Waals surface area contributed by atoms with Gasteiger partial charge in [-0.3, -0.25) is 9.30 Å². The Balaban J connectivity index is 1.41. The standard InChI is InChI=1S/C19H22N4O2/c24-15(14-25-16-7-2-1-3-8-16)13-22-11-6-9-17(22)19-21-20-18-10-4-5-12-23(18)19/h1-5,7-8,10,12,15,17,24H,6,9,11,13-14H2. The zero-order valence-electron chi connectivity index (χ0n) is 14.0. The number of nitrogens with zero attached hydrogens (tertiary/aromatic N) is 4. The largest absolute Gasteiger partial charge is 0.491 e. The van der Waals surface area contributed by atoms with Crippen molar-refractivity contribution in [1.82, 2.24) is 19.5 Å². The van der Waals surface area contributed by atoms with Crippen molar-refractivity contribution in [2.75, 3.05) is 19.7 Å². The topological polar surface area (TPSA) is 62.9 Å². The number of fused-ring (bicyclic) bond motifs is 1. The smallest absolute Gasteiger partial charge is 0.160 e. The number of hydrogen-bond acceptors (Lipinski definition) is 5. The molecule has 130 valence electrons. The van der Waals surface area contributed by atoms with Gasteiger partial charge in [-0.2, -0.15) is 0 Å². The molecule has 3 heterocycles. The van der Waals surface area contributed by atoms with Crippen LogP contribution in [0.4, 0.5) is 0 Å². The molecule has 3 aromatic rings. The molecule has 1 N–H and O–H groups in total. The van der Waals surface area contributed by atoms with Crippen LogP contribution in [0.25, 0.3) is 5.65 Å². The van der Waals surface area contributed by atoms with Crippen molar-refractivity contribution in [3.05, 3.63) is 60.6 Å². The van der Waals surface area contributed by atoms with Crippen LogP contribution in [0.1, 0.15) is 24.7 Å². The van der Waals surface area contributed by atoms with Crippen molar-refractivity contribution in [1.29, 1.82) is 0 Å². The fourth-order valence-corrected chi connectivity index (χ4v) is 3.46. The van der Waals surface area contributed by atoms with Crippen LogP contribution < -0.4 is 4.74 Å². The lowest BCUT2D eigenvalue weighted by Gasteiger charge is -2.25. The second-order valence-electron chi connectivity index (χ2n) is 6.42. The summed E-state index contributed by atoms with van der Waals surface area (Å²) in [4.78, 5) is 2.28. The number of hydrogen-bond donors (Lipinski definition) is 1. The van der Waals surface area contributed by atoms with Gasteiger partial charge in [-0.25, -0.2) is 0 Å². The zero-order valence-corrected chi connectivity index (χ0v) is 14.0. The van der Waals surface area contributed by atoms with Crippen molar-refractivity contribution >= 4 is 5.65 Å². The van der Waals surface area contributed by atoms with Gasteiger partial charge in [-0.15, -0.1) is 10.2 Å². The quantitative estimate of drug-likeness (QED) is 0.747. The van der Waals surface area contributed by atoms with E-state index in [2.05, 4.69) is 15.1 Å². The molecule has 0 amide bonds. The lowest BCUT2D eigenvalue weighted by atomic mass is 10.2. The Morgan fingerprint density at radius 3 is 2.84 bits per heavy atom. The Kier molecular flexibility index (Phi) is 4.63. The minimum absolute atomic E-state index is 0.184. The Bertz CT molecular complexity index is 820. The van der Waals surface area contributed by atoms with E-state index in [0.717, 1.165) is 36.6 Å². The molecular formula is C19H22N4O2. The highest BCUT2D eigenvalue weighted by molar-refractivity contribution is 5.37. The minimum atomic E-state index is -0.542. The number of aliphatic hydroxyl groups is 1. The van der Waals surface area contributed by atoms with Gasteiger partial charge in [0.2, 0.25) is 0 Å². The molecule has 6 heteroatoms. The van der Waals surface area contributed by atoms with Gasteiger partial charge in [0.15, 0.2) is 11.5 Å². The number of ether oxygens (including phenoxy) is 1. The predicted octanol–water partition coefficient (Wildman–Crippen LogP) is 2.31. The monoisotopic (exact) mass is 338 g/mol. The van der Waals surface area contributed by atoms with Crippen LogP contribution >= 0.6 is 0 Å². The van der Waals surface area contributed by atoms with E-state index in [4.69, 9.17) is 4.74 Å². The molecule has 2 unspecified atom stereocenters. The average Bonchev–Trinajstić information content (AvgIpc) is 3.27. The molecule has 1 fully saturated rings. The Labute approximate surface area is 146 Å². The number of aliphatic hydroxyl groups excluding tert-OH is 1. The summed E-state index contributed by atoms with van der Waals surface area (Å²) < 4.78 is 7.70. The van der Waals surface area contributed by atoms with Gasteiger partial charge in [0, 0.05) is 12.7 Å². The zero-order chi connectivity index (χ0) is 17.1. The Morgan fingerprint density at radius 2 is 1.96 bits per heavy atom. The second kappa shape index (κ2) is 7.21. The third kappa shape index (κ3) is 3.50. The van der Waals surface area contributed by atoms with Crippen LogP contribution in [0.5, 0.6) is 5.75 Å². The van der Waals surface area contributed by atoms with Gasteiger partial charge in [0.05, 0.1) is 6.04 Å². The van der Waals surface area contributed by atoms with Gasteiger partial charge >= 0.3 is 0 Å². The molecule has 0 saturated carbocycles. The maximum absolute atomic E-state index is 10.4. The van der Waals surface area contributed by atoms with E-state index < -0.39 is 6.10 Å². The fraction of sp³-hybridized carbons (Fsp3) is 0.368. The summed E-state index contributed by atoms with van der Waals surface area (Å²) in [5.41, 5.74) is 0.859. The normalized spacial score (nSPS) is 19.3. The Hall–Kier alpha value is -2.44. The molecule has 0 bridgehead atoms. The van der Waals surface area contributed by atoms with Crippen LogP contribution in [0.2, 0.25) is 0 Å². The van der Waals surface area contributed by atoms with E-state index in [1.54, 1.807) is 0 Å². The molecule has 2 atom stereocenters. The summed E-state index contributed by atoms with van der Waals surface area (Å²) in [6.45, 7) is 1.81. The number of para-hydroxylation sites is 1. The van der Waals surface area contributed by atoms with Crippen LogP contribution in [-0.4, -0.2) is 50.4 Å². The summed E-state index contributed by atoms with van der Waals surface area (Å²) >= 11 is 0. The highest BCUT2D eigenvalue weighted by Gasteiger charge is 2.31. The molecule has 2 aromatic heterocycles. The van der Waals surface area contributed by atoms with Crippen molar-refractivity contribution in [2.45, 2.75) is 25.0 Å². The molecule has 1 aliphatic rings. The van der Waals surface area contributed by atoms with E-state index in [0.29, 0.717) is 6.54 Å². The first-order valence-electron chi connectivity index (χ1n) is 8.71. The van der Waals surface area contributed by atoms with Crippen molar-refractivity contribution in [3.63, 3.8) is 0 Å². The number of pyridine rings is 1.